The summed E-state index contributed by atoms with van der Waals surface area (Å²) in [4.78, 5) is 14.3. The van der Waals surface area contributed by atoms with Gasteiger partial charge in [0.25, 0.3) is 0 Å². The number of thioether (sulfide) groups is 1. The summed E-state index contributed by atoms with van der Waals surface area (Å²) in [6.07, 6.45) is 0.491. The number of nitrogens with zero attached hydrogens (tertiary/aromatic N) is 1. The fraction of sp³-hybridized carbons (Fsp3) is 0.750. The standard InChI is InChI=1S/C8H17N3O2S.2ClH/c1-6(9)11-3-5-14-4-2-7(10)8(12)13;;/h7H,2-5,10H2,1H3,(H2,9,11)(H,12,13);2*1H/t7-;;/m0../s1. The monoisotopic (exact) mass is 291 g/mol. The van der Waals surface area contributed by atoms with Crippen LogP contribution in [0.4, 0.5) is 0 Å². The van der Waals surface area contributed by atoms with Gasteiger partial charge in [0.2, 0.25) is 0 Å². The molecule has 98 valence electrons. The summed E-state index contributed by atoms with van der Waals surface area (Å²) in [6.45, 7) is 2.42. The van der Waals surface area contributed by atoms with Crippen molar-refractivity contribution in [3.63, 3.8) is 0 Å². The number of carboxylic acids is 1. The van der Waals surface area contributed by atoms with Gasteiger partial charge in [-0.25, -0.2) is 0 Å². The van der Waals surface area contributed by atoms with Gasteiger partial charge in [-0.05, 0) is 19.1 Å². The van der Waals surface area contributed by atoms with Crippen LogP contribution in [-0.4, -0.2) is 41.0 Å². The van der Waals surface area contributed by atoms with Crippen LogP contribution in [0.15, 0.2) is 4.99 Å². The van der Waals surface area contributed by atoms with E-state index >= 15 is 0 Å². The van der Waals surface area contributed by atoms with Crippen LogP contribution in [0.25, 0.3) is 0 Å². The van der Waals surface area contributed by atoms with Gasteiger partial charge < -0.3 is 16.6 Å². The SMILES string of the molecule is CC(N)=NCCSCC[C@H](N)C(=O)O.Cl.Cl. The number of hydrogen-bond donors (Lipinski definition) is 3. The number of aliphatic carboxylic acids is 1. The topological polar surface area (TPSA) is 102 Å². The highest BCUT2D eigenvalue weighted by Gasteiger charge is 2.09. The maximum absolute atomic E-state index is 10.3. The molecule has 0 saturated heterocycles. The molecule has 0 saturated carbocycles. The Morgan fingerprint density at radius 1 is 1.44 bits per heavy atom. The molecule has 0 radical (unpaired) electrons. The zero-order valence-electron chi connectivity index (χ0n) is 9.09. The molecule has 0 unspecified atom stereocenters. The number of rotatable bonds is 7. The first-order valence-electron chi connectivity index (χ1n) is 4.36. The van der Waals surface area contributed by atoms with E-state index in [9.17, 15) is 4.79 Å². The third-order valence-corrected chi connectivity index (χ3v) is 2.48. The van der Waals surface area contributed by atoms with Crippen LogP contribution < -0.4 is 11.5 Å². The molecule has 16 heavy (non-hydrogen) atoms. The highest BCUT2D eigenvalue weighted by atomic mass is 35.5. The fourth-order valence-corrected chi connectivity index (χ4v) is 1.57. The molecule has 8 heteroatoms. The van der Waals surface area contributed by atoms with Crippen LogP contribution in [0.3, 0.4) is 0 Å². The molecule has 0 rings (SSSR count). The normalized spacial score (nSPS) is 12.2. The van der Waals surface area contributed by atoms with E-state index in [1.807, 2.05) is 0 Å². The molecule has 0 aromatic heterocycles. The minimum Gasteiger partial charge on any atom is -0.480 e. The predicted octanol–water partition coefficient (Wildman–Crippen LogP) is 0.742. The lowest BCUT2D eigenvalue weighted by Crippen LogP contribution is -2.30. The zero-order valence-corrected chi connectivity index (χ0v) is 11.5. The molecule has 0 heterocycles. The van der Waals surface area contributed by atoms with Gasteiger partial charge in [0.05, 0.1) is 5.84 Å². The van der Waals surface area contributed by atoms with Crippen molar-refractivity contribution in [3.05, 3.63) is 0 Å². The lowest BCUT2D eigenvalue weighted by Gasteiger charge is -2.04. The number of hydrogen-bond acceptors (Lipinski definition) is 4. The van der Waals surface area contributed by atoms with Gasteiger partial charge in [0.15, 0.2) is 0 Å². The summed E-state index contributed by atoms with van der Waals surface area (Å²) < 4.78 is 0. The van der Waals surface area contributed by atoms with Crippen LogP contribution >= 0.6 is 36.6 Å². The Bertz CT molecular complexity index is 213. The Balaban J connectivity index is -0.000000845. The molecule has 0 aliphatic rings. The smallest absolute Gasteiger partial charge is 0.320 e. The molecular weight excluding hydrogens is 273 g/mol. The van der Waals surface area contributed by atoms with Crippen molar-refractivity contribution in [3.8, 4) is 0 Å². The van der Waals surface area contributed by atoms with Gasteiger partial charge in [0.1, 0.15) is 6.04 Å². The number of nitrogens with two attached hydrogens (primary N) is 2. The maximum Gasteiger partial charge on any atom is 0.320 e. The third-order valence-electron chi connectivity index (χ3n) is 1.49. The summed E-state index contributed by atoms with van der Waals surface area (Å²) in [5, 5.41) is 8.48. The Hall–Kier alpha value is -0.170. The lowest BCUT2D eigenvalue weighted by atomic mass is 10.2. The second-order valence-electron chi connectivity index (χ2n) is 2.87. The van der Waals surface area contributed by atoms with Gasteiger partial charge >= 0.3 is 5.97 Å². The highest BCUT2D eigenvalue weighted by Crippen LogP contribution is 2.03. The van der Waals surface area contributed by atoms with Gasteiger partial charge in [-0.1, -0.05) is 0 Å². The molecule has 0 bridgehead atoms. The minimum absolute atomic E-state index is 0. The van der Waals surface area contributed by atoms with E-state index < -0.39 is 12.0 Å². The van der Waals surface area contributed by atoms with Crippen molar-refractivity contribution in [2.75, 3.05) is 18.1 Å². The quantitative estimate of drug-likeness (QED) is 0.365. The molecular formula is C8H19Cl2N3O2S. The van der Waals surface area contributed by atoms with Crippen LogP contribution in [-0.2, 0) is 4.79 Å². The zero-order chi connectivity index (χ0) is 11.0. The fourth-order valence-electron chi connectivity index (χ4n) is 0.722. The first kappa shape index (κ1) is 21.1. The van der Waals surface area contributed by atoms with Crippen LogP contribution in [0.2, 0.25) is 0 Å². The molecule has 0 aromatic carbocycles. The molecule has 0 aromatic rings. The Kier molecular flexibility index (Phi) is 17.0. The van der Waals surface area contributed by atoms with Gasteiger partial charge in [0, 0.05) is 12.3 Å². The average molecular weight is 292 g/mol. The van der Waals surface area contributed by atoms with Crippen molar-refractivity contribution in [1.29, 1.82) is 0 Å². The minimum atomic E-state index is -0.943. The number of carbonyl (C=O) groups is 1. The van der Waals surface area contributed by atoms with Gasteiger partial charge in [-0.2, -0.15) is 11.8 Å². The van der Waals surface area contributed by atoms with Crippen molar-refractivity contribution in [2.45, 2.75) is 19.4 Å². The van der Waals surface area contributed by atoms with Crippen LogP contribution in [0.5, 0.6) is 0 Å². The van der Waals surface area contributed by atoms with E-state index in [-0.39, 0.29) is 24.8 Å². The van der Waals surface area contributed by atoms with E-state index in [2.05, 4.69) is 4.99 Å². The van der Waals surface area contributed by atoms with Crippen LogP contribution in [0.1, 0.15) is 13.3 Å². The Morgan fingerprint density at radius 3 is 2.44 bits per heavy atom. The summed E-state index contributed by atoms with van der Waals surface area (Å²) in [5.74, 6) is 1.22. The van der Waals surface area contributed by atoms with Gasteiger partial charge in [-0.15, -0.1) is 24.8 Å². The predicted molar refractivity (Wildman–Crippen MR) is 74.2 cm³/mol. The van der Waals surface area contributed by atoms with Crippen molar-refractivity contribution >= 4 is 48.4 Å². The van der Waals surface area contributed by atoms with Crippen molar-refractivity contribution in [2.24, 2.45) is 16.5 Å². The molecule has 0 fully saturated rings. The Morgan fingerprint density at radius 2 is 2.00 bits per heavy atom. The summed E-state index contributed by atoms with van der Waals surface area (Å²) in [6, 6.07) is -0.748. The first-order valence-corrected chi connectivity index (χ1v) is 5.52. The molecule has 1 atom stereocenters. The van der Waals surface area contributed by atoms with Gasteiger partial charge in [-0.3, -0.25) is 9.79 Å². The number of carboxylic acid groups (broad SMARTS) is 1. The van der Waals surface area contributed by atoms with E-state index in [0.717, 1.165) is 11.5 Å². The third kappa shape index (κ3) is 13.8. The number of aliphatic imine (C=N–C) groups is 1. The molecule has 5 nitrogen and oxygen atoms in total. The summed E-state index contributed by atoms with van der Waals surface area (Å²) >= 11 is 1.63. The van der Waals surface area contributed by atoms with Crippen molar-refractivity contribution in [1.82, 2.24) is 0 Å². The Labute approximate surface area is 112 Å². The van der Waals surface area contributed by atoms with E-state index in [1.54, 1.807) is 18.7 Å². The van der Waals surface area contributed by atoms with E-state index in [0.29, 0.717) is 18.8 Å². The molecule has 0 aliphatic carbocycles. The van der Waals surface area contributed by atoms with E-state index in [1.165, 1.54) is 0 Å². The number of halogens is 2. The van der Waals surface area contributed by atoms with Crippen LogP contribution in [0, 0.1) is 0 Å². The molecule has 0 aliphatic heterocycles. The molecule has 5 N–H and O–H groups in total. The largest absolute Gasteiger partial charge is 0.480 e. The second-order valence-corrected chi connectivity index (χ2v) is 4.09. The average Bonchev–Trinajstić information content (AvgIpc) is 2.09. The summed E-state index contributed by atoms with van der Waals surface area (Å²) in [7, 11) is 0. The summed E-state index contributed by atoms with van der Waals surface area (Å²) in [5.41, 5.74) is 10.7. The number of amidine groups is 1. The molecule has 0 spiro atoms. The second kappa shape index (κ2) is 12.9. The lowest BCUT2D eigenvalue weighted by molar-refractivity contribution is -0.138. The highest BCUT2D eigenvalue weighted by molar-refractivity contribution is 7.99. The maximum atomic E-state index is 10.3. The molecule has 0 amide bonds. The first-order chi connectivity index (χ1) is 6.54. The van der Waals surface area contributed by atoms with Crippen molar-refractivity contribution < 1.29 is 9.90 Å². The van der Waals surface area contributed by atoms with E-state index in [4.69, 9.17) is 16.6 Å².